The molecular formula is C13H11Cl3N4O5. The van der Waals surface area contributed by atoms with Gasteiger partial charge in [0.15, 0.2) is 11.4 Å². The molecule has 12 heteroatoms. The van der Waals surface area contributed by atoms with Crippen molar-refractivity contribution in [2.24, 2.45) is 0 Å². The van der Waals surface area contributed by atoms with Crippen LogP contribution in [0.5, 0.6) is 5.88 Å². The minimum Gasteiger partial charge on any atom is -0.481 e. The van der Waals surface area contributed by atoms with Crippen molar-refractivity contribution in [2.75, 3.05) is 21.3 Å². The van der Waals surface area contributed by atoms with Crippen LogP contribution in [0.3, 0.4) is 0 Å². The monoisotopic (exact) mass is 408 g/mol. The lowest BCUT2D eigenvalue weighted by Crippen LogP contribution is -2.05. The van der Waals surface area contributed by atoms with Crippen molar-refractivity contribution < 1.29 is 23.8 Å². The minimum atomic E-state index is -0.596. The van der Waals surface area contributed by atoms with Gasteiger partial charge in [-0.3, -0.25) is 0 Å². The molecule has 0 radical (unpaired) electrons. The van der Waals surface area contributed by atoms with E-state index in [1.807, 2.05) is 0 Å². The summed E-state index contributed by atoms with van der Waals surface area (Å²) >= 11 is 16.5. The predicted molar refractivity (Wildman–Crippen MR) is 88.3 cm³/mol. The number of carbonyl (C=O) groups is 2. The van der Waals surface area contributed by atoms with E-state index in [9.17, 15) is 9.59 Å². The number of ether oxygens (including phenoxy) is 3. The van der Waals surface area contributed by atoms with E-state index in [0.29, 0.717) is 0 Å². The Balaban J connectivity index is 0.000000251. The molecule has 0 saturated heterocycles. The second-order valence-electron chi connectivity index (χ2n) is 3.89. The van der Waals surface area contributed by atoms with Crippen LogP contribution < -0.4 is 4.74 Å². The van der Waals surface area contributed by atoms with E-state index in [1.54, 1.807) is 0 Å². The molecule has 2 aromatic rings. The zero-order valence-electron chi connectivity index (χ0n) is 13.1. The first kappa shape index (κ1) is 20.8. The van der Waals surface area contributed by atoms with Crippen LogP contribution in [0.15, 0.2) is 12.1 Å². The normalized spacial score (nSPS) is 9.52. The lowest BCUT2D eigenvalue weighted by atomic mass is 10.4. The Morgan fingerprint density at radius 3 is 1.72 bits per heavy atom. The quantitative estimate of drug-likeness (QED) is 0.428. The minimum absolute atomic E-state index is 0.0440. The number of carbonyl (C=O) groups excluding carboxylic acids is 2. The third-order valence-corrected chi connectivity index (χ3v) is 2.87. The molecule has 2 rings (SSSR count). The highest BCUT2D eigenvalue weighted by molar-refractivity contribution is 6.32. The van der Waals surface area contributed by atoms with E-state index in [1.165, 1.54) is 33.5 Å². The van der Waals surface area contributed by atoms with Gasteiger partial charge >= 0.3 is 11.9 Å². The number of hydrogen-bond donors (Lipinski definition) is 0. The van der Waals surface area contributed by atoms with Gasteiger partial charge in [-0.05, 0) is 23.2 Å². The molecular weight excluding hydrogens is 399 g/mol. The Kier molecular flexibility index (Phi) is 8.26. The molecule has 0 fully saturated rings. The maximum atomic E-state index is 11.0. The van der Waals surface area contributed by atoms with E-state index in [2.05, 4.69) is 29.4 Å². The fraction of sp³-hybridized carbons (Fsp3) is 0.231. The second kappa shape index (κ2) is 9.92. The Bertz CT molecular complexity index is 755. The molecule has 9 nitrogen and oxygen atoms in total. The van der Waals surface area contributed by atoms with Crippen molar-refractivity contribution >= 4 is 46.7 Å². The summed E-state index contributed by atoms with van der Waals surface area (Å²) in [6.45, 7) is 0. The highest BCUT2D eigenvalue weighted by Gasteiger charge is 2.11. The van der Waals surface area contributed by atoms with Crippen molar-refractivity contribution in [1.82, 2.24) is 19.9 Å². The topological polar surface area (TPSA) is 113 Å². The number of halogens is 3. The lowest BCUT2D eigenvalue weighted by Gasteiger charge is -2.01. The van der Waals surface area contributed by atoms with E-state index in [-0.39, 0.29) is 33.0 Å². The Morgan fingerprint density at radius 1 is 0.800 bits per heavy atom. The van der Waals surface area contributed by atoms with Crippen molar-refractivity contribution in [3.63, 3.8) is 0 Å². The molecule has 0 spiro atoms. The van der Waals surface area contributed by atoms with Gasteiger partial charge in [0.1, 0.15) is 5.15 Å². The van der Waals surface area contributed by atoms with Crippen LogP contribution in [0.25, 0.3) is 0 Å². The summed E-state index contributed by atoms with van der Waals surface area (Å²) in [5.41, 5.74) is 0.113. The standard InChI is InChI=1S/C7H7ClN2O3.C6H4Cl2N2O2/c1-12-5-3-4(6(11)13-2)9-7(8)10-5;1-12-5(11)3-2-4(7)10-6(8)9-3/h3H,1-2H3;2H,1H3. The van der Waals surface area contributed by atoms with Crippen molar-refractivity contribution in [2.45, 2.75) is 0 Å². The molecule has 0 aliphatic carbocycles. The number of methoxy groups -OCH3 is 3. The van der Waals surface area contributed by atoms with Crippen molar-refractivity contribution in [3.8, 4) is 5.88 Å². The maximum Gasteiger partial charge on any atom is 0.356 e. The predicted octanol–water partition coefficient (Wildman–Crippen LogP) is 2.50. The fourth-order valence-electron chi connectivity index (χ4n) is 1.31. The molecule has 0 saturated carbocycles. The van der Waals surface area contributed by atoms with Gasteiger partial charge in [0.05, 0.1) is 21.3 Å². The van der Waals surface area contributed by atoms with E-state index in [0.717, 1.165) is 0 Å². The van der Waals surface area contributed by atoms with Gasteiger partial charge < -0.3 is 14.2 Å². The SMILES string of the molecule is COC(=O)c1cc(Cl)nc(Cl)n1.COC(=O)c1cc(OC)nc(Cl)n1. The summed E-state index contributed by atoms with van der Waals surface area (Å²) in [4.78, 5) is 36.4. The molecule has 0 bridgehead atoms. The fourth-order valence-corrected chi connectivity index (χ4v) is 1.89. The zero-order valence-corrected chi connectivity index (χ0v) is 15.4. The summed E-state index contributed by atoms with van der Waals surface area (Å²) in [6.07, 6.45) is 0. The van der Waals surface area contributed by atoms with Crippen LogP contribution in [0.4, 0.5) is 0 Å². The molecule has 0 atom stereocenters. The summed E-state index contributed by atoms with van der Waals surface area (Å²) in [5, 5.41) is -0.0296. The molecule has 0 aliphatic rings. The lowest BCUT2D eigenvalue weighted by molar-refractivity contribution is 0.0585. The number of nitrogens with zero attached hydrogens (tertiary/aromatic N) is 4. The highest BCUT2D eigenvalue weighted by atomic mass is 35.5. The zero-order chi connectivity index (χ0) is 19.0. The summed E-state index contributed by atoms with van der Waals surface area (Å²) in [7, 11) is 3.91. The van der Waals surface area contributed by atoms with Crippen molar-refractivity contribution in [1.29, 1.82) is 0 Å². The van der Waals surface area contributed by atoms with Crippen molar-refractivity contribution in [3.05, 3.63) is 39.2 Å². The molecule has 0 amide bonds. The van der Waals surface area contributed by atoms with Gasteiger partial charge in [0.25, 0.3) is 0 Å². The number of hydrogen-bond acceptors (Lipinski definition) is 9. The van der Waals surface area contributed by atoms with Gasteiger partial charge in [-0.1, -0.05) is 11.6 Å². The van der Waals surface area contributed by atoms with E-state index >= 15 is 0 Å². The molecule has 2 heterocycles. The van der Waals surface area contributed by atoms with E-state index in [4.69, 9.17) is 39.5 Å². The first-order valence-corrected chi connectivity index (χ1v) is 7.39. The molecule has 0 N–H and O–H groups in total. The van der Waals surface area contributed by atoms with E-state index < -0.39 is 11.9 Å². The van der Waals surface area contributed by atoms with Gasteiger partial charge in [0, 0.05) is 12.1 Å². The Morgan fingerprint density at radius 2 is 1.28 bits per heavy atom. The van der Waals surface area contributed by atoms with Gasteiger partial charge in [-0.2, -0.15) is 4.98 Å². The summed E-state index contributed by atoms with van der Waals surface area (Å²) in [5.74, 6) is -0.954. The summed E-state index contributed by atoms with van der Waals surface area (Å²) < 4.78 is 13.6. The van der Waals surface area contributed by atoms with Crippen LogP contribution >= 0.6 is 34.8 Å². The smallest absolute Gasteiger partial charge is 0.356 e. The number of aromatic nitrogens is 4. The Labute approximate surface area is 157 Å². The van der Waals surface area contributed by atoms with Crippen LogP contribution in [0.1, 0.15) is 21.0 Å². The second-order valence-corrected chi connectivity index (χ2v) is 4.96. The average molecular weight is 410 g/mol. The maximum absolute atomic E-state index is 11.0. The van der Waals surface area contributed by atoms with Crippen LogP contribution in [-0.4, -0.2) is 53.2 Å². The third-order valence-electron chi connectivity index (χ3n) is 2.34. The first-order valence-electron chi connectivity index (χ1n) is 6.26. The third kappa shape index (κ3) is 6.65. The molecule has 134 valence electrons. The van der Waals surface area contributed by atoms with Crippen LogP contribution in [-0.2, 0) is 9.47 Å². The number of esters is 2. The van der Waals surface area contributed by atoms with Gasteiger partial charge in [-0.15, -0.1) is 0 Å². The molecule has 0 aromatic carbocycles. The number of rotatable bonds is 3. The highest BCUT2D eigenvalue weighted by Crippen LogP contribution is 2.12. The Hall–Kier alpha value is -2.23. The van der Waals surface area contributed by atoms with Crippen LogP contribution in [0, 0.1) is 0 Å². The van der Waals surface area contributed by atoms with Crippen LogP contribution in [0.2, 0.25) is 15.7 Å². The summed E-state index contributed by atoms with van der Waals surface area (Å²) in [6, 6.07) is 2.62. The molecule has 25 heavy (non-hydrogen) atoms. The van der Waals surface area contributed by atoms with Gasteiger partial charge in [-0.25, -0.2) is 24.5 Å². The largest absolute Gasteiger partial charge is 0.481 e. The molecule has 2 aromatic heterocycles. The molecule has 0 unspecified atom stereocenters. The molecule has 0 aliphatic heterocycles. The van der Waals surface area contributed by atoms with Gasteiger partial charge in [0.2, 0.25) is 16.4 Å². The first-order chi connectivity index (χ1) is 11.8. The average Bonchev–Trinajstić information content (AvgIpc) is 2.59.